The maximum Gasteiger partial charge on any atom is 0.225 e. The van der Waals surface area contributed by atoms with E-state index in [1.54, 1.807) is 12.5 Å². The second-order valence-electron chi connectivity index (χ2n) is 10.5. The van der Waals surface area contributed by atoms with Gasteiger partial charge in [0.1, 0.15) is 6.26 Å². The summed E-state index contributed by atoms with van der Waals surface area (Å²) in [5, 5.41) is 21.2. The minimum absolute atomic E-state index is 0.466. The van der Waals surface area contributed by atoms with Crippen molar-refractivity contribution in [3.05, 3.63) is 139 Å². The second kappa shape index (κ2) is 11.0. The van der Waals surface area contributed by atoms with Crippen molar-refractivity contribution < 1.29 is 9.52 Å². The Morgan fingerprint density at radius 3 is 1.90 bits per heavy atom. The summed E-state index contributed by atoms with van der Waals surface area (Å²) in [7, 11) is 0. The van der Waals surface area contributed by atoms with Crippen LogP contribution in [-0.2, 0) is 0 Å². The highest BCUT2D eigenvalue weighted by molar-refractivity contribution is 6.26. The summed E-state index contributed by atoms with van der Waals surface area (Å²) in [4.78, 5) is 4.32. The Morgan fingerprint density at radius 1 is 0.667 bits per heavy atom. The van der Waals surface area contributed by atoms with Gasteiger partial charge in [0.25, 0.3) is 0 Å². The molecule has 0 aliphatic heterocycles. The Balaban J connectivity index is 1.34. The van der Waals surface area contributed by atoms with Gasteiger partial charge in [-0.2, -0.15) is 0 Å². The molecule has 0 spiro atoms. The largest absolute Gasteiger partial charge is 0.445 e. The topological polar surface area (TPSA) is 58.3 Å². The van der Waals surface area contributed by atoms with E-state index in [0.717, 1.165) is 33.4 Å². The molecule has 4 heteroatoms. The SMILES string of the molecule is C/C=C\NCC(O)c1cccc(-c2ccc3c4ccc(-c5cccc(-c6ncco6)c5)cc4c4ccccc4c3c2)c1. The number of hydrogen-bond acceptors (Lipinski definition) is 4. The van der Waals surface area contributed by atoms with Gasteiger partial charge < -0.3 is 14.8 Å². The number of hydrogen-bond donors (Lipinski definition) is 2. The van der Waals surface area contributed by atoms with E-state index in [1.165, 1.54) is 32.3 Å². The molecule has 0 aliphatic rings. The minimum atomic E-state index is -0.586. The Morgan fingerprint density at radius 2 is 1.26 bits per heavy atom. The van der Waals surface area contributed by atoms with Crippen LogP contribution >= 0.6 is 0 Å². The number of rotatable bonds is 7. The normalized spacial score (nSPS) is 12.4. The van der Waals surface area contributed by atoms with Gasteiger partial charge in [-0.05, 0) is 104 Å². The van der Waals surface area contributed by atoms with Crippen molar-refractivity contribution >= 4 is 32.3 Å². The summed E-state index contributed by atoms with van der Waals surface area (Å²) in [5.74, 6) is 0.621. The summed E-state index contributed by atoms with van der Waals surface area (Å²) >= 11 is 0. The van der Waals surface area contributed by atoms with E-state index in [4.69, 9.17) is 4.42 Å². The lowest BCUT2D eigenvalue weighted by Crippen LogP contribution is -2.15. The van der Waals surface area contributed by atoms with Crippen molar-refractivity contribution in [3.63, 3.8) is 0 Å². The lowest BCUT2D eigenvalue weighted by molar-refractivity contribution is 0.179. The van der Waals surface area contributed by atoms with Gasteiger partial charge in [-0.15, -0.1) is 0 Å². The Hall–Kier alpha value is -5.19. The molecule has 2 N–H and O–H groups in total. The first-order valence-electron chi connectivity index (χ1n) is 14.2. The third-order valence-electron chi connectivity index (χ3n) is 7.91. The van der Waals surface area contributed by atoms with Crippen LogP contribution in [0.15, 0.2) is 138 Å². The molecule has 0 fully saturated rings. The van der Waals surface area contributed by atoms with Gasteiger partial charge in [0, 0.05) is 12.1 Å². The summed E-state index contributed by atoms with van der Waals surface area (Å²) in [6.45, 7) is 2.42. The van der Waals surface area contributed by atoms with Crippen LogP contribution in [0.3, 0.4) is 0 Å². The number of allylic oxidation sites excluding steroid dienone is 1. The number of oxazole rings is 1. The molecule has 7 aromatic rings. The van der Waals surface area contributed by atoms with Gasteiger partial charge in [-0.1, -0.05) is 84.9 Å². The molecule has 42 heavy (non-hydrogen) atoms. The molecule has 1 heterocycles. The molecule has 0 amide bonds. The Kier molecular flexibility index (Phi) is 6.75. The van der Waals surface area contributed by atoms with Crippen LogP contribution < -0.4 is 5.32 Å². The predicted octanol–water partition coefficient (Wildman–Crippen LogP) is 9.29. The van der Waals surface area contributed by atoms with E-state index in [1.807, 2.05) is 43.5 Å². The van der Waals surface area contributed by atoms with Crippen LogP contribution in [0.25, 0.3) is 66.0 Å². The van der Waals surface area contributed by atoms with Crippen molar-refractivity contribution in [3.8, 4) is 33.7 Å². The van der Waals surface area contributed by atoms with Crippen LogP contribution in [0.5, 0.6) is 0 Å². The van der Waals surface area contributed by atoms with Gasteiger partial charge in [-0.25, -0.2) is 4.98 Å². The van der Waals surface area contributed by atoms with Crippen molar-refractivity contribution in [2.45, 2.75) is 13.0 Å². The van der Waals surface area contributed by atoms with Crippen LogP contribution in [0.2, 0.25) is 0 Å². The highest BCUT2D eigenvalue weighted by atomic mass is 16.3. The molecule has 4 nitrogen and oxygen atoms in total. The molecular weight excluding hydrogens is 516 g/mol. The second-order valence-corrected chi connectivity index (χ2v) is 10.5. The first-order chi connectivity index (χ1) is 20.7. The molecule has 1 unspecified atom stereocenters. The fourth-order valence-corrected chi connectivity index (χ4v) is 5.85. The summed E-state index contributed by atoms with van der Waals surface area (Å²) in [5.41, 5.74) is 6.34. The van der Waals surface area contributed by atoms with Gasteiger partial charge in [0.05, 0.1) is 12.3 Å². The average molecular weight is 547 g/mol. The van der Waals surface area contributed by atoms with Gasteiger partial charge >= 0.3 is 0 Å². The first-order valence-corrected chi connectivity index (χ1v) is 14.2. The number of nitrogens with one attached hydrogen (secondary N) is 1. The van der Waals surface area contributed by atoms with Crippen LogP contribution in [0.4, 0.5) is 0 Å². The summed E-state index contributed by atoms with van der Waals surface area (Å²) in [6.07, 6.45) is 6.46. The zero-order valence-electron chi connectivity index (χ0n) is 23.3. The third-order valence-corrected chi connectivity index (χ3v) is 7.91. The minimum Gasteiger partial charge on any atom is -0.445 e. The van der Waals surface area contributed by atoms with Crippen LogP contribution in [-0.4, -0.2) is 16.6 Å². The third kappa shape index (κ3) is 4.72. The molecular formula is C38H30N2O2. The molecule has 1 aromatic heterocycles. The Bertz CT molecular complexity index is 2060. The quantitative estimate of drug-likeness (QED) is 0.196. The Labute approximate surface area is 244 Å². The van der Waals surface area contributed by atoms with Crippen LogP contribution in [0.1, 0.15) is 18.6 Å². The molecule has 0 saturated carbocycles. The number of fused-ring (bicyclic) bond motifs is 6. The number of aliphatic hydroxyl groups is 1. The van der Waals surface area contributed by atoms with E-state index < -0.39 is 6.10 Å². The zero-order chi connectivity index (χ0) is 28.5. The summed E-state index contributed by atoms with van der Waals surface area (Å²) in [6, 6.07) is 38.6. The van der Waals surface area contributed by atoms with Gasteiger partial charge in [-0.3, -0.25) is 0 Å². The number of aromatic nitrogens is 1. The van der Waals surface area contributed by atoms with Gasteiger partial charge in [0.15, 0.2) is 0 Å². The van der Waals surface area contributed by atoms with E-state index in [9.17, 15) is 5.11 Å². The molecule has 0 aliphatic carbocycles. The highest BCUT2D eigenvalue weighted by Crippen LogP contribution is 2.39. The first kappa shape index (κ1) is 25.8. The number of benzene rings is 6. The van der Waals surface area contributed by atoms with Crippen molar-refractivity contribution in [1.82, 2.24) is 10.3 Å². The van der Waals surface area contributed by atoms with Gasteiger partial charge in [0.2, 0.25) is 5.89 Å². The molecule has 0 bridgehead atoms. The van der Waals surface area contributed by atoms with Crippen molar-refractivity contribution in [1.29, 1.82) is 0 Å². The van der Waals surface area contributed by atoms with Crippen LogP contribution in [0, 0.1) is 0 Å². The maximum absolute atomic E-state index is 10.7. The monoisotopic (exact) mass is 546 g/mol. The number of aliphatic hydroxyl groups excluding tert-OH is 1. The van der Waals surface area contributed by atoms with E-state index in [-0.39, 0.29) is 0 Å². The number of nitrogens with zero attached hydrogens (tertiary/aromatic N) is 1. The predicted molar refractivity (Wildman–Crippen MR) is 173 cm³/mol. The highest BCUT2D eigenvalue weighted by Gasteiger charge is 2.13. The molecule has 0 saturated heterocycles. The van der Waals surface area contributed by atoms with E-state index in [0.29, 0.717) is 12.4 Å². The lowest BCUT2D eigenvalue weighted by Gasteiger charge is -2.15. The molecule has 204 valence electrons. The molecule has 6 aromatic carbocycles. The fraction of sp³-hybridized carbons (Fsp3) is 0.0789. The van der Waals surface area contributed by atoms with Crippen molar-refractivity contribution in [2.75, 3.05) is 6.54 Å². The maximum atomic E-state index is 10.7. The molecule has 0 radical (unpaired) electrons. The summed E-state index contributed by atoms with van der Waals surface area (Å²) < 4.78 is 5.54. The smallest absolute Gasteiger partial charge is 0.225 e. The molecule has 1 atom stereocenters. The van der Waals surface area contributed by atoms with Crippen molar-refractivity contribution in [2.24, 2.45) is 0 Å². The van der Waals surface area contributed by atoms with E-state index in [2.05, 4.69) is 95.2 Å². The fourth-order valence-electron chi connectivity index (χ4n) is 5.85. The average Bonchev–Trinajstić information content (AvgIpc) is 3.60. The molecule has 7 rings (SSSR count). The standard InChI is InChI=1S/C38H30N2O2/c1-2-17-39-24-37(41)29-9-5-7-25(20-29)27-13-15-33-34-16-14-28(26-8-6-10-30(21-26)38-40-18-19-42-38)23-36(34)32-12-4-3-11-31(32)35(33)22-27/h2-23,37,39,41H,24H2,1H3/b17-2-. The lowest BCUT2D eigenvalue weighted by atomic mass is 9.90. The van der Waals surface area contributed by atoms with E-state index >= 15 is 0 Å². The zero-order valence-corrected chi connectivity index (χ0v) is 23.3.